The standard InChI is InChI=1S/C11H20N2O3/c12-11(2-1-3-11)9(14)13-8-10(15)4-6-16-7-5-10/h15H,1-8,12H2,(H,13,14). The minimum Gasteiger partial charge on any atom is -0.388 e. The third-order valence-electron chi connectivity index (χ3n) is 3.70. The van der Waals surface area contributed by atoms with Gasteiger partial charge in [0.05, 0.1) is 11.1 Å². The summed E-state index contributed by atoms with van der Waals surface area (Å²) in [6.45, 7) is 1.40. The molecule has 92 valence electrons. The maximum Gasteiger partial charge on any atom is 0.240 e. The molecule has 2 rings (SSSR count). The first-order valence-corrected chi connectivity index (χ1v) is 5.92. The molecule has 5 nitrogen and oxygen atoms in total. The highest BCUT2D eigenvalue weighted by atomic mass is 16.5. The van der Waals surface area contributed by atoms with Crippen LogP contribution < -0.4 is 11.1 Å². The van der Waals surface area contributed by atoms with Crippen molar-refractivity contribution in [1.82, 2.24) is 5.32 Å². The maximum absolute atomic E-state index is 11.8. The van der Waals surface area contributed by atoms with E-state index in [0.29, 0.717) is 26.1 Å². The van der Waals surface area contributed by atoms with Crippen LogP contribution in [-0.2, 0) is 9.53 Å². The molecule has 0 bridgehead atoms. The molecule has 1 heterocycles. The van der Waals surface area contributed by atoms with Gasteiger partial charge in [0, 0.05) is 32.6 Å². The molecule has 16 heavy (non-hydrogen) atoms. The largest absolute Gasteiger partial charge is 0.388 e. The molecule has 5 heteroatoms. The number of hydrogen-bond acceptors (Lipinski definition) is 4. The Morgan fingerprint density at radius 2 is 1.94 bits per heavy atom. The molecule has 0 aromatic carbocycles. The maximum atomic E-state index is 11.8. The lowest BCUT2D eigenvalue weighted by molar-refractivity contribution is -0.131. The second-order valence-corrected chi connectivity index (χ2v) is 5.03. The average molecular weight is 228 g/mol. The van der Waals surface area contributed by atoms with Gasteiger partial charge in [0.25, 0.3) is 0 Å². The zero-order valence-electron chi connectivity index (χ0n) is 9.50. The van der Waals surface area contributed by atoms with Crippen LogP contribution in [0.2, 0.25) is 0 Å². The van der Waals surface area contributed by atoms with Gasteiger partial charge in [-0.25, -0.2) is 0 Å². The van der Waals surface area contributed by atoms with E-state index in [1.165, 1.54) is 0 Å². The van der Waals surface area contributed by atoms with Gasteiger partial charge in [-0.15, -0.1) is 0 Å². The summed E-state index contributed by atoms with van der Waals surface area (Å²) in [5.74, 6) is -0.126. The lowest BCUT2D eigenvalue weighted by Crippen LogP contribution is -2.60. The number of hydrogen-bond donors (Lipinski definition) is 3. The summed E-state index contributed by atoms with van der Waals surface area (Å²) in [7, 11) is 0. The van der Waals surface area contributed by atoms with E-state index in [1.54, 1.807) is 0 Å². The van der Waals surface area contributed by atoms with Crippen LogP contribution in [0.15, 0.2) is 0 Å². The lowest BCUT2D eigenvalue weighted by atomic mass is 9.77. The zero-order valence-corrected chi connectivity index (χ0v) is 9.50. The van der Waals surface area contributed by atoms with Gasteiger partial charge in [0.1, 0.15) is 0 Å². The molecule has 0 aromatic heterocycles. The number of nitrogens with two attached hydrogens (primary N) is 1. The molecule has 0 radical (unpaired) electrons. The number of carbonyl (C=O) groups is 1. The topological polar surface area (TPSA) is 84.6 Å². The predicted molar refractivity (Wildman–Crippen MR) is 58.8 cm³/mol. The first-order chi connectivity index (χ1) is 7.54. The van der Waals surface area contributed by atoms with Crippen LogP contribution in [0, 0.1) is 0 Å². The fraction of sp³-hybridized carbons (Fsp3) is 0.909. The number of ether oxygens (including phenoxy) is 1. The molecular weight excluding hydrogens is 208 g/mol. The van der Waals surface area contributed by atoms with Crippen molar-refractivity contribution >= 4 is 5.91 Å². The Balaban J connectivity index is 1.79. The fourth-order valence-electron chi connectivity index (χ4n) is 2.13. The number of rotatable bonds is 3. The van der Waals surface area contributed by atoms with E-state index in [-0.39, 0.29) is 12.5 Å². The Morgan fingerprint density at radius 1 is 1.31 bits per heavy atom. The van der Waals surface area contributed by atoms with Crippen molar-refractivity contribution in [3.63, 3.8) is 0 Å². The smallest absolute Gasteiger partial charge is 0.240 e. The minimum atomic E-state index is -0.811. The van der Waals surface area contributed by atoms with Crippen LogP contribution in [0.1, 0.15) is 32.1 Å². The molecule has 0 aromatic rings. The van der Waals surface area contributed by atoms with E-state index >= 15 is 0 Å². The van der Waals surface area contributed by atoms with Gasteiger partial charge < -0.3 is 20.9 Å². The van der Waals surface area contributed by atoms with Gasteiger partial charge in [0.15, 0.2) is 0 Å². The van der Waals surface area contributed by atoms with Crippen LogP contribution in [0.25, 0.3) is 0 Å². The summed E-state index contributed by atoms with van der Waals surface area (Å²) in [5, 5.41) is 12.9. The first-order valence-electron chi connectivity index (χ1n) is 5.92. The van der Waals surface area contributed by atoms with E-state index in [4.69, 9.17) is 10.5 Å². The second-order valence-electron chi connectivity index (χ2n) is 5.03. The van der Waals surface area contributed by atoms with Crippen molar-refractivity contribution in [3.8, 4) is 0 Å². The monoisotopic (exact) mass is 228 g/mol. The molecule has 0 unspecified atom stereocenters. The SMILES string of the molecule is NC1(C(=O)NCC2(O)CCOCC2)CCC1. The molecule has 2 fully saturated rings. The third kappa shape index (κ3) is 2.36. The zero-order chi connectivity index (χ0) is 11.6. The highest BCUT2D eigenvalue weighted by molar-refractivity contribution is 5.87. The molecule has 0 spiro atoms. The Labute approximate surface area is 95.3 Å². The van der Waals surface area contributed by atoms with Gasteiger partial charge in [-0.1, -0.05) is 0 Å². The molecular formula is C11H20N2O3. The van der Waals surface area contributed by atoms with Gasteiger partial charge in [0.2, 0.25) is 5.91 Å². The highest BCUT2D eigenvalue weighted by Crippen LogP contribution is 2.29. The number of aliphatic hydroxyl groups is 1. The Morgan fingerprint density at radius 3 is 2.44 bits per heavy atom. The molecule has 1 amide bonds. The van der Waals surface area contributed by atoms with Crippen molar-refractivity contribution in [2.24, 2.45) is 5.73 Å². The summed E-state index contributed by atoms with van der Waals surface area (Å²) in [6.07, 6.45) is 3.67. The molecule has 0 atom stereocenters. The Kier molecular flexibility index (Phi) is 3.19. The molecule has 4 N–H and O–H groups in total. The lowest BCUT2D eigenvalue weighted by Gasteiger charge is -2.38. The molecule has 1 saturated carbocycles. The van der Waals surface area contributed by atoms with E-state index < -0.39 is 11.1 Å². The normalized spacial score (nSPS) is 26.9. The summed E-state index contributed by atoms with van der Waals surface area (Å²) in [4.78, 5) is 11.8. The van der Waals surface area contributed by atoms with Crippen LogP contribution in [0.4, 0.5) is 0 Å². The third-order valence-corrected chi connectivity index (χ3v) is 3.70. The van der Waals surface area contributed by atoms with E-state index in [1.807, 2.05) is 0 Å². The fourth-order valence-corrected chi connectivity index (χ4v) is 2.13. The van der Waals surface area contributed by atoms with Gasteiger partial charge in [-0.05, 0) is 19.3 Å². The highest BCUT2D eigenvalue weighted by Gasteiger charge is 2.41. The van der Waals surface area contributed by atoms with Crippen molar-refractivity contribution in [2.45, 2.75) is 43.2 Å². The second kappa shape index (κ2) is 4.31. The van der Waals surface area contributed by atoms with Crippen molar-refractivity contribution in [1.29, 1.82) is 0 Å². The molecule has 2 aliphatic rings. The summed E-state index contributed by atoms with van der Waals surface area (Å²) < 4.78 is 5.17. The van der Waals surface area contributed by atoms with Gasteiger partial charge in [-0.2, -0.15) is 0 Å². The van der Waals surface area contributed by atoms with Crippen molar-refractivity contribution in [2.75, 3.05) is 19.8 Å². The summed E-state index contributed by atoms with van der Waals surface area (Å²) in [6, 6.07) is 0. The van der Waals surface area contributed by atoms with Gasteiger partial charge in [-0.3, -0.25) is 4.79 Å². The van der Waals surface area contributed by atoms with Crippen LogP contribution in [-0.4, -0.2) is 41.9 Å². The molecule has 1 aliphatic heterocycles. The van der Waals surface area contributed by atoms with Crippen LogP contribution >= 0.6 is 0 Å². The average Bonchev–Trinajstić information content (AvgIpc) is 2.24. The summed E-state index contributed by atoms with van der Waals surface area (Å²) in [5.41, 5.74) is 4.40. The van der Waals surface area contributed by atoms with Gasteiger partial charge >= 0.3 is 0 Å². The van der Waals surface area contributed by atoms with Crippen LogP contribution in [0.3, 0.4) is 0 Å². The predicted octanol–water partition coefficient (Wildman–Crippen LogP) is -0.475. The Hall–Kier alpha value is -0.650. The van der Waals surface area contributed by atoms with E-state index in [9.17, 15) is 9.90 Å². The number of nitrogens with one attached hydrogen (secondary N) is 1. The minimum absolute atomic E-state index is 0.126. The quantitative estimate of drug-likeness (QED) is 0.609. The van der Waals surface area contributed by atoms with E-state index in [0.717, 1.165) is 19.3 Å². The molecule has 1 aliphatic carbocycles. The van der Waals surface area contributed by atoms with Crippen LogP contribution in [0.5, 0.6) is 0 Å². The molecule has 1 saturated heterocycles. The van der Waals surface area contributed by atoms with Crippen molar-refractivity contribution < 1.29 is 14.6 Å². The van der Waals surface area contributed by atoms with Crippen molar-refractivity contribution in [3.05, 3.63) is 0 Å². The van der Waals surface area contributed by atoms with E-state index in [2.05, 4.69) is 5.32 Å². The number of amides is 1. The summed E-state index contributed by atoms with van der Waals surface area (Å²) >= 11 is 0. The Bertz CT molecular complexity index is 270. The first kappa shape index (κ1) is 11.8. The number of carbonyl (C=O) groups excluding carboxylic acids is 1.